The van der Waals surface area contributed by atoms with Gasteiger partial charge in [0.05, 0.1) is 13.5 Å². The lowest BCUT2D eigenvalue weighted by Crippen LogP contribution is -2.36. The molecule has 128 valence electrons. The number of H-pyrrole nitrogens is 1. The molecule has 0 saturated carbocycles. The first-order valence-corrected chi connectivity index (χ1v) is 8.34. The molecule has 0 spiro atoms. The largest absolute Gasteiger partial charge is 0.496 e. The first-order chi connectivity index (χ1) is 12.2. The van der Waals surface area contributed by atoms with Gasteiger partial charge in [-0.25, -0.2) is 4.39 Å². The maximum Gasteiger partial charge on any atom is 0.227 e. The number of nitrogens with zero attached hydrogens (tertiary/aromatic N) is 1. The first kappa shape index (κ1) is 15.7. The quantitative estimate of drug-likeness (QED) is 0.795. The minimum Gasteiger partial charge on any atom is -0.496 e. The summed E-state index contributed by atoms with van der Waals surface area (Å²) >= 11 is 0. The Morgan fingerprint density at radius 3 is 2.96 bits per heavy atom. The number of carbonyl (C=O) groups excluding carboxylic acids is 1. The zero-order valence-corrected chi connectivity index (χ0v) is 14.0. The predicted octanol–water partition coefficient (Wildman–Crippen LogP) is 3.44. The Balaban J connectivity index is 1.58. The highest BCUT2D eigenvalue weighted by Gasteiger charge is 2.24. The molecule has 0 radical (unpaired) electrons. The summed E-state index contributed by atoms with van der Waals surface area (Å²) in [5.41, 5.74) is 3.92. The van der Waals surface area contributed by atoms with Crippen molar-refractivity contribution in [3.8, 4) is 5.75 Å². The highest BCUT2D eigenvalue weighted by molar-refractivity contribution is 5.86. The fraction of sp³-hybridized carbons (Fsp3) is 0.250. The number of hydrogen-bond acceptors (Lipinski definition) is 2. The van der Waals surface area contributed by atoms with Crippen molar-refractivity contribution in [3.63, 3.8) is 0 Å². The summed E-state index contributed by atoms with van der Waals surface area (Å²) in [7, 11) is 1.61. The number of benzene rings is 2. The molecule has 1 aliphatic heterocycles. The van der Waals surface area contributed by atoms with Crippen LogP contribution in [-0.2, 0) is 24.2 Å². The van der Waals surface area contributed by atoms with E-state index in [2.05, 4.69) is 4.98 Å². The van der Waals surface area contributed by atoms with Crippen LogP contribution in [0.4, 0.5) is 4.39 Å². The highest BCUT2D eigenvalue weighted by Crippen LogP contribution is 2.29. The standard InChI is InChI=1S/C20H19FN2O2/c1-25-19-5-3-2-4-13(19)10-20(24)23-9-8-18-16(12-23)15-11-14(21)6-7-17(15)22-18/h2-7,11,22H,8-10,12H2,1H3. The van der Waals surface area contributed by atoms with Crippen LogP contribution in [0.15, 0.2) is 42.5 Å². The molecule has 2 heterocycles. The summed E-state index contributed by atoms with van der Waals surface area (Å²) in [5, 5.41) is 0.866. The summed E-state index contributed by atoms with van der Waals surface area (Å²) in [4.78, 5) is 17.9. The summed E-state index contributed by atoms with van der Waals surface area (Å²) in [5.74, 6) is 0.524. The van der Waals surface area contributed by atoms with Gasteiger partial charge in [-0.3, -0.25) is 4.79 Å². The van der Waals surface area contributed by atoms with E-state index < -0.39 is 0 Å². The molecule has 25 heavy (non-hydrogen) atoms. The van der Waals surface area contributed by atoms with E-state index in [-0.39, 0.29) is 11.7 Å². The summed E-state index contributed by atoms with van der Waals surface area (Å²) in [6.45, 7) is 1.17. The second-order valence-electron chi connectivity index (χ2n) is 6.33. The van der Waals surface area contributed by atoms with Crippen LogP contribution in [0.3, 0.4) is 0 Å². The molecule has 0 fully saturated rings. The van der Waals surface area contributed by atoms with Crippen molar-refractivity contribution in [1.82, 2.24) is 9.88 Å². The summed E-state index contributed by atoms with van der Waals surface area (Å²) in [6.07, 6.45) is 1.05. The second kappa shape index (κ2) is 6.24. The van der Waals surface area contributed by atoms with Crippen LogP contribution in [0, 0.1) is 5.82 Å². The molecule has 1 aromatic heterocycles. The van der Waals surface area contributed by atoms with Crippen LogP contribution >= 0.6 is 0 Å². The highest BCUT2D eigenvalue weighted by atomic mass is 19.1. The Morgan fingerprint density at radius 2 is 2.12 bits per heavy atom. The number of aromatic amines is 1. The first-order valence-electron chi connectivity index (χ1n) is 8.34. The van der Waals surface area contributed by atoms with Crippen molar-refractivity contribution in [2.24, 2.45) is 0 Å². The number of halogens is 1. The zero-order valence-electron chi connectivity index (χ0n) is 14.0. The van der Waals surface area contributed by atoms with Gasteiger partial charge >= 0.3 is 0 Å². The number of ether oxygens (including phenoxy) is 1. The number of amides is 1. The molecule has 0 bridgehead atoms. The minimum absolute atomic E-state index is 0.0564. The average Bonchev–Trinajstić information content (AvgIpc) is 2.99. The number of nitrogens with one attached hydrogen (secondary N) is 1. The molecule has 3 aromatic rings. The molecular weight excluding hydrogens is 319 g/mol. The normalized spacial score (nSPS) is 13.8. The van der Waals surface area contributed by atoms with Gasteiger partial charge in [0, 0.05) is 47.2 Å². The van der Waals surface area contributed by atoms with Gasteiger partial charge in [0.2, 0.25) is 5.91 Å². The Bertz CT molecular complexity index is 948. The minimum atomic E-state index is -0.258. The predicted molar refractivity (Wildman–Crippen MR) is 94.1 cm³/mol. The van der Waals surface area contributed by atoms with E-state index in [1.165, 1.54) is 6.07 Å². The number of fused-ring (bicyclic) bond motifs is 3. The van der Waals surface area contributed by atoms with Gasteiger partial charge in [0.1, 0.15) is 11.6 Å². The Labute approximate surface area is 145 Å². The van der Waals surface area contributed by atoms with Crippen LogP contribution in [0.1, 0.15) is 16.8 Å². The van der Waals surface area contributed by atoms with E-state index in [0.29, 0.717) is 19.5 Å². The maximum absolute atomic E-state index is 13.6. The zero-order chi connectivity index (χ0) is 17.4. The van der Waals surface area contributed by atoms with E-state index >= 15 is 0 Å². The third kappa shape index (κ3) is 2.86. The summed E-state index contributed by atoms with van der Waals surface area (Å²) < 4.78 is 18.9. The van der Waals surface area contributed by atoms with Gasteiger partial charge in [0.15, 0.2) is 0 Å². The van der Waals surface area contributed by atoms with Crippen LogP contribution in [0.5, 0.6) is 5.75 Å². The van der Waals surface area contributed by atoms with Crippen LogP contribution in [0.2, 0.25) is 0 Å². The molecule has 1 aliphatic rings. The third-order valence-electron chi connectivity index (χ3n) is 4.82. The Morgan fingerprint density at radius 1 is 1.28 bits per heavy atom. The molecule has 0 unspecified atom stereocenters. The van der Waals surface area contributed by atoms with Crippen molar-refractivity contribution in [3.05, 3.63) is 65.1 Å². The average molecular weight is 338 g/mol. The van der Waals surface area contributed by atoms with Gasteiger partial charge < -0.3 is 14.6 Å². The number of rotatable bonds is 3. The van der Waals surface area contributed by atoms with Gasteiger partial charge in [-0.1, -0.05) is 18.2 Å². The van der Waals surface area contributed by atoms with Gasteiger partial charge in [-0.2, -0.15) is 0 Å². The van der Waals surface area contributed by atoms with Crippen molar-refractivity contribution < 1.29 is 13.9 Å². The molecule has 1 amide bonds. The number of hydrogen-bond donors (Lipinski definition) is 1. The molecule has 1 N–H and O–H groups in total. The number of para-hydroxylation sites is 1. The SMILES string of the molecule is COc1ccccc1CC(=O)N1CCc2[nH]c3ccc(F)cc3c2C1. The van der Waals surface area contributed by atoms with E-state index in [1.807, 2.05) is 29.2 Å². The molecule has 2 aromatic carbocycles. The monoisotopic (exact) mass is 338 g/mol. The van der Waals surface area contributed by atoms with E-state index in [0.717, 1.165) is 39.9 Å². The van der Waals surface area contributed by atoms with Crippen molar-refractivity contribution >= 4 is 16.8 Å². The topological polar surface area (TPSA) is 45.3 Å². The number of carbonyl (C=O) groups is 1. The maximum atomic E-state index is 13.6. The lowest BCUT2D eigenvalue weighted by molar-refractivity contribution is -0.131. The fourth-order valence-corrected chi connectivity index (χ4v) is 3.52. The molecule has 4 nitrogen and oxygen atoms in total. The van der Waals surface area contributed by atoms with E-state index in [4.69, 9.17) is 4.74 Å². The lowest BCUT2D eigenvalue weighted by Gasteiger charge is -2.27. The fourth-order valence-electron chi connectivity index (χ4n) is 3.52. The lowest BCUT2D eigenvalue weighted by atomic mass is 10.0. The van der Waals surface area contributed by atoms with Gasteiger partial charge in [-0.05, 0) is 24.3 Å². The van der Waals surface area contributed by atoms with E-state index in [1.54, 1.807) is 19.2 Å². The van der Waals surface area contributed by atoms with E-state index in [9.17, 15) is 9.18 Å². The van der Waals surface area contributed by atoms with Crippen LogP contribution in [-0.4, -0.2) is 29.4 Å². The molecule has 0 aliphatic carbocycles. The van der Waals surface area contributed by atoms with Gasteiger partial charge in [-0.15, -0.1) is 0 Å². The number of aromatic nitrogens is 1. The third-order valence-corrected chi connectivity index (χ3v) is 4.82. The number of methoxy groups -OCH3 is 1. The molecule has 0 atom stereocenters. The van der Waals surface area contributed by atoms with Crippen molar-refractivity contribution in [2.45, 2.75) is 19.4 Å². The van der Waals surface area contributed by atoms with Crippen LogP contribution in [0.25, 0.3) is 10.9 Å². The Kier molecular flexibility index (Phi) is 3.92. The van der Waals surface area contributed by atoms with Crippen molar-refractivity contribution in [2.75, 3.05) is 13.7 Å². The molecular formula is C20H19FN2O2. The smallest absolute Gasteiger partial charge is 0.227 e. The molecule has 0 saturated heterocycles. The Hall–Kier alpha value is -2.82. The second-order valence-corrected chi connectivity index (χ2v) is 6.33. The molecule has 5 heteroatoms. The van der Waals surface area contributed by atoms with Crippen molar-refractivity contribution in [1.29, 1.82) is 0 Å². The van der Waals surface area contributed by atoms with Gasteiger partial charge in [0.25, 0.3) is 0 Å². The molecule has 4 rings (SSSR count). The van der Waals surface area contributed by atoms with Crippen LogP contribution < -0.4 is 4.74 Å². The summed E-state index contributed by atoms with van der Waals surface area (Å²) in [6, 6.07) is 12.3.